The Bertz CT molecular complexity index is 813. The van der Waals surface area contributed by atoms with Crippen LogP contribution < -0.4 is 10.7 Å². The highest BCUT2D eigenvalue weighted by Crippen LogP contribution is 2.48. The van der Waals surface area contributed by atoms with Crippen LogP contribution in [0.5, 0.6) is 0 Å². The second kappa shape index (κ2) is 5.49. The zero-order chi connectivity index (χ0) is 16.0. The van der Waals surface area contributed by atoms with Crippen LogP contribution in [0.15, 0.2) is 35.3 Å². The number of fused-ring (bicyclic) bond motifs is 3. The molecule has 1 aromatic heterocycles. The fourth-order valence-corrected chi connectivity index (χ4v) is 4.46. The zero-order valence-electron chi connectivity index (χ0n) is 12.8. The summed E-state index contributed by atoms with van der Waals surface area (Å²) in [5.74, 6) is 0.719. The lowest BCUT2D eigenvalue weighted by molar-refractivity contribution is 0.0860. The average molecular weight is 312 g/mol. The molecule has 2 bridgehead atoms. The van der Waals surface area contributed by atoms with Crippen molar-refractivity contribution in [2.45, 2.75) is 25.3 Å². The van der Waals surface area contributed by atoms with Gasteiger partial charge in [-0.2, -0.15) is 0 Å². The maximum atomic E-state index is 12.6. The highest BCUT2D eigenvalue weighted by Gasteiger charge is 2.47. The monoisotopic (exact) mass is 312 g/mol. The van der Waals surface area contributed by atoms with Crippen molar-refractivity contribution in [3.63, 3.8) is 0 Å². The van der Waals surface area contributed by atoms with Crippen LogP contribution in [0.2, 0.25) is 0 Å². The third-order valence-corrected chi connectivity index (χ3v) is 5.63. The predicted molar refractivity (Wildman–Crippen MR) is 87.2 cm³/mol. The molecule has 5 heteroatoms. The molecule has 0 spiro atoms. The van der Waals surface area contributed by atoms with Crippen molar-refractivity contribution in [2.24, 2.45) is 17.8 Å². The van der Waals surface area contributed by atoms with E-state index in [-0.39, 0.29) is 35.5 Å². The van der Waals surface area contributed by atoms with Crippen LogP contribution in [0.4, 0.5) is 0 Å². The second-order valence-corrected chi connectivity index (χ2v) is 6.76. The van der Waals surface area contributed by atoms with E-state index in [9.17, 15) is 14.7 Å². The first-order chi connectivity index (χ1) is 11.2. The summed E-state index contributed by atoms with van der Waals surface area (Å²) < 4.78 is 0. The van der Waals surface area contributed by atoms with E-state index in [1.807, 2.05) is 12.1 Å². The summed E-state index contributed by atoms with van der Waals surface area (Å²) in [4.78, 5) is 28.1. The molecule has 1 aromatic carbocycles. The van der Waals surface area contributed by atoms with Crippen LogP contribution in [0.1, 0.15) is 29.6 Å². The molecular formula is C18H20N2O3. The van der Waals surface area contributed by atoms with Crippen molar-refractivity contribution in [3.8, 4) is 0 Å². The van der Waals surface area contributed by atoms with Gasteiger partial charge in [-0.25, -0.2) is 0 Å². The van der Waals surface area contributed by atoms with Crippen molar-refractivity contribution in [1.29, 1.82) is 0 Å². The average Bonchev–Trinajstić information content (AvgIpc) is 3.16. The fourth-order valence-electron chi connectivity index (χ4n) is 4.46. The van der Waals surface area contributed by atoms with E-state index in [0.717, 1.165) is 24.8 Å². The Labute approximate surface area is 133 Å². The molecule has 0 saturated heterocycles. The molecule has 2 saturated carbocycles. The summed E-state index contributed by atoms with van der Waals surface area (Å²) >= 11 is 0. The smallest absolute Gasteiger partial charge is 0.257 e. The van der Waals surface area contributed by atoms with Gasteiger partial charge in [0, 0.05) is 35.7 Å². The molecule has 2 aliphatic rings. The predicted octanol–water partition coefficient (Wildman–Crippen LogP) is 1.66. The van der Waals surface area contributed by atoms with Gasteiger partial charge in [0.25, 0.3) is 5.91 Å². The minimum atomic E-state index is -0.340. The van der Waals surface area contributed by atoms with E-state index in [2.05, 4.69) is 10.3 Å². The Morgan fingerprint density at radius 3 is 2.87 bits per heavy atom. The van der Waals surface area contributed by atoms with Gasteiger partial charge in [-0.05, 0) is 43.2 Å². The van der Waals surface area contributed by atoms with E-state index in [1.54, 1.807) is 12.1 Å². The van der Waals surface area contributed by atoms with Gasteiger partial charge in [0.05, 0.1) is 0 Å². The summed E-state index contributed by atoms with van der Waals surface area (Å²) in [6.07, 6.45) is 4.80. The number of aliphatic hydroxyl groups is 1. The molecule has 4 unspecified atom stereocenters. The number of aromatic amines is 1. The fraction of sp³-hybridized carbons (Fsp3) is 0.444. The number of hydrogen-bond acceptors (Lipinski definition) is 3. The van der Waals surface area contributed by atoms with Gasteiger partial charge in [0.1, 0.15) is 5.56 Å². The van der Waals surface area contributed by atoms with Crippen molar-refractivity contribution < 1.29 is 9.90 Å². The van der Waals surface area contributed by atoms with E-state index in [4.69, 9.17) is 0 Å². The molecular weight excluding hydrogens is 292 g/mol. The number of H-pyrrole nitrogens is 1. The first kappa shape index (κ1) is 14.5. The van der Waals surface area contributed by atoms with Crippen LogP contribution in [-0.2, 0) is 0 Å². The Morgan fingerprint density at radius 2 is 2.04 bits per heavy atom. The zero-order valence-corrected chi connectivity index (χ0v) is 12.8. The number of para-hydroxylation sites is 1. The molecule has 0 aliphatic heterocycles. The van der Waals surface area contributed by atoms with Crippen molar-refractivity contribution in [2.75, 3.05) is 6.61 Å². The summed E-state index contributed by atoms with van der Waals surface area (Å²) in [5, 5.41) is 13.2. The van der Waals surface area contributed by atoms with E-state index >= 15 is 0 Å². The number of aliphatic hydroxyl groups excluding tert-OH is 1. The molecule has 23 heavy (non-hydrogen) atoms. The lowest BCUT2D eigenvalue weighted by atomic mass is 9.85. The summed E-state index contributed by atoms with van der Waals surface area (Å²) in [5.41, 5.74) is 0.617. The van der Waals surface area contributed by atoms with Gasteiger partial charge in [-0.1, -0.05) is 12.1 Å². The molecule has 120 valence electrons. The van der Waals surface area contributed by atoms with Crippen molar-refractivity contribution in [3.05, 3.63) is 46.2 Å². The third-order valence-electron chi connectivity index (χ3n) is 5.63. The molecule has 2 aliphatic carbocycles. The lowest BCUT2D eigenvalue weighted by Gasteiger charge is -2.30. The molecule has 4 atom stereocenters. The van der Waals surface area contributed by atoms with Gasteiger partial charge in [0.2, 0.25) is 5.43 Å². The standard InChI is InChI=1S/C18H20N2O3/c21-9-14-10-5-6-11(7-10)16(14)20-18(23)13-8-19-15-4-2-1-3-12(15)17(13)22/h1-4,8,10-11,14,16,21H,5-7,9H2,(H,19,22)(H,20,23). The number of carbonyl (C=O) groups excluding carboxylic acids is 1. The number of benzene rings is 1. The molecule has 3 N–H and O–H groups in total. The number of hydrogen-bond donors (Lipinski definition) is 3. The van der Waals surface area contributed by atoms with Crippen LogP contribution >= 0.6 is 0 Å². The number of pyridine rings is 1. The highest BCUT2D eigenvalue weighted by atomic mass is 16.3. The molecule has 5 nitrogen and oxygen atoms in total. The first-order valence-corrected chi connectivity index (χ1v) is 8.21. The Balaban J connectivity index is 1.63. The maximum Gasteiger partial charge on any atom is 0.257 e. The Hall–Kier alpha value is -2.14. The first-order valence-electron chi connectivity index (χ1n) is 8.21. The maximum absolute atomic E-state index is 12.6. The summed E-state index contributed by atoms with van der Waals surface area (Å²) in [6, 6.07) is 7.16. The van der Waals surface area contributed by atoms with Gasteiger partial charge >= 0.3 is 0 Å². The summed E-state index contributed by atoms with van der Waals surface area (Å²) in [7, 11) is 0. The van der Waals surface area contributed by atoms with E-state index in [1.165, 1.54) is 6.20 Å². The minimum absolute atomic E-state index is 0.0166. The molecule has 1 amide bonds. The number of amides is 1. The molecule has 1 heterocycles. The Morgan fingerprint density at radius 1 is 1.26 bits per heavy atom. The van der Waals surface area contributed by atoms with Crippen LogP contribution in [0.3, 0.4) is 0 Å². The number of rotatable bonds is 3. The SMILES string of the molecule is O=C(NC1C2CCC(C2)C1CO)c1c[nH]c2ccccc2c1=O. The van der Waals surface area contributed by atoms with Crippen LogP contribution in [0, 0.1) is 17.8 Å². The lowest BCUT2D eigenvalue weighted by Crippen LogP contribution is -2.46. The second-order valence-electron chi connectivity index (χ2n) is 6.76. The Kier molecular flexibility index (Phi) is 3.45. The van der Waals surface area contributed by atoms with Gasteiger partial charge < -0.3 is 15.4 Å². The number of nitrogens with one attached hydrogen (secondary N) is 2. The topological polar surface area (TPSA) is 82.2 Å². The highest BCUT2D eigenvalue weighted by molar-refractivity contribution is 5.97. The van der Waals surface area contributed by atoms with Crippen LogP contribution in [0.25, 0.3) is 10.9 Å². The van der Waals surface area contributed by atoms with Crippen molar-refractivity contribution >= 4 is 16.8 Å². The summed E-state index contributed by atoms with van der Waals surface area (Å²) in [6.45, 7) is 0.0974. The van der Waals surface area contributed by atoms with Gasteiger partial charge in [-0.3, -0.25) is 9.59 Å². The van der Waals surface area contributed by atoms with Gasteiger partial charge in [-0.15, -0.1) is 0 Å². The number of aromatic nitrogens is 1. The number of carbonyl (C=O) groups is 1. The van der Waals surface area contributed by atoms with E-state index in [0.29, 0.717) is 17.2 Å². The largest absolute Gasteiger partial charge is 0.396 e. The van der Waals surface area contributed by atoms with Crippen LogP contribution in [-0.4, -0.2) is 28.6 Å². The van der Waals surface area contributed by atoms with Crippen molar-refractivity contribution in [1.82, 2.24) is 10.3 Å². The minimum Gasteiger partial charge on any atom is -0.396 e. The van der Waals surface area contributed by atoms with Gasteiger partial charge in [0.15, 0.2) is 0 Å². The molecule has 0 radical (unpaired) electrons. The van der Waals surface area contributed by atoms with E-state index < -0.39 is 0 Å². The third kappa shape index (κ3) is 2.27. The quantitative estimate of drug-likeness (QED) is 0.806. The molecule has 4 rings (SSSR count). The molecule has 2 aromatic rings. The normalized spacial score (nSPS) is 29.1. The molecule has 2 fully saturated rings.